The maximum atomic E-state index is 12.8. The molecule has 0 spiro atoms. The van der Waals surface area contributed by atoms with Crippen LogP contribution in [-0.4, -0.2) is 37.9 Å². The number of imidazole rings is 1. The summed E-state index contributed by atoms with van der Waals surface area (Å²) in [4.78, 5) is 39.6. The molecule has 1 aliphatic rings. The molecule has 5 rings (SSSR count). The lowest BCUT2D eigenvalue weighted by Crippen LogP contribution is -2.28. The molecule has 1 aliphatic heterocycles. The lowest BCUT2D eigenvalue weighted by atomic mass is 10.1. The summed E-state index contributed by atoms with van der Waals surface area (Å²) in [6.07, 6.45) is 5.14. The van der Waals surface area contributed by atoms with Gasteiger partial charge in [-0.2, -0.15) is 0 Å². The van der Waals surface area contributed by atoms with Gasteiger partial charge in [-0.3, -0.25) is 14.2 Å². The van der Waals surface area contributed by atoms with E-state index in [1.807, 2.05) is 48.9 Å². The minimum atomic E-state index is -0.411. The Balaban J connectivity index is 1.21. The van der Waals surface area contributed by atoms with E-state index in [1.54, 1.807) is 41.4 Å². The Bertz CT molecular complexity index is 1360. The predicted octanol–water partition coefficient (Wildman–Crippen LogP) is 4.06. The SMILES string of the molecule is Cc1ccc(N2CC(C(=O)Nc3ccc(Oc4cc(-n5ccnc5C)ncn4)cc3)CC2=O)cc1. The van der Waals surface area contributed by atoms with E-state index >= 15 is 0 Å². The number of hydrogen-bond donors (Lipinski definition) is 1. The number of hydrogen-bond acceptors (Lipinski definition) is 6. The van der Waals surface area contributed by atoms with E-state index in [0.717, 1.165) is 17.1 Å². The third kappa shape index (κ3) is 4.89. The number of carbonyl (C=O) groups is 2. The number of aryl methyl sites for hydroxylation is 2. The Morgan fingerprint density at radius 2 is 1.80 bits per heavy atom. The van der Waals surface area contributed by atoms with Crippen molar-refractivity contribution in [2.45, 2.75) is 20.3 Å². The molecule has 1 fully saturated rings. The minimum absolute atomic E-state index is 0.0483. The number of amides is 2. The van der Waals surface area contributed by atoms with Gasteiger partial charge in [-0.05, 0) is 50.2 Å². The van der Waals surface area contributed by atoms with Crippen molar-refractivity contribution in [3.05, 3.63) is 84.7 Å². The number of nitrogens with zero attached hydrogens (tertiary/aromatic N) is 5. The van der Waals surface area contributed by atoms with Crippen molar-refractivity contribution in [1.29, 1.82) is 0 Å². The van der Waals surface area contributed by atoms with Crippen LogP contribution in [0.5, 0.6) is 11.6 Å². The van der Waals surface area contributed by atoms with E-state index in [9.17, 15) is 9.59 Å². The number of anilines is 2. The zero-order valence-corrected chi connectivity index (χ0v) is 19.4. The van der Waals surface area contributed by atoms with Gasteiger partial charge in [0, 0.05) is 42.8 Å². The van der Waals surface area contributed by atoms with Gasteiger partial charge in [-0.1, -0.05) is 17.7 Å². The fraction of sp³-hybridized carbons (Fsp3) is 0.192. The van der Waals surface area contributed by atoms with Crippen LogP contribution < -0.4 is 15.0 Å². The summed E-state index contributed by atoms with van der Waals surface area (Å²) in [5.74, 6) is 1.77. The molecule has 2 aromatic heterocycles. The van der Waals surface area contributed by atoms with E-state index in [0.29, 0.717) is 29.7 Å². The van der Waals surface area contributed by atoms with Gasteiger partial charge in [0.15, 0.2) is 0 Å². The monoisotopic (exact) mass is 468 g/mol. The highest BCUT2D eigenvalue weighted by molar-refractivity contribution is 6.03. The maximum absolute atomic E-state index is 12.8. The molecule has 2 amide bonds. The van der Waals surface area contributed by atoms with Gasteiger partial charge < -0.3 is 15.0 Å². The fourth-order valence-corrected chi connectivity index (χ4v) is 3.97. The molecule has 1 atom stereocenters. The van der Waals surface area contributed by atoms with Crippen molar-refractivity contribution >= 4 is 23.2 Å². The van der Waals surface area contributed by atoms with Crippen LogP contribution in [0.2, 0.25) is 0 Å². The summed E-state index contributed by atoms with van der Waals surface area (Å²) in [6.45, 7) is 4.24. The molecule has 9 nitrogen and oxygen atoms in total. The van der Waals surface area contributed by atoms with Gasteiger partial charge in [0.05, 0.1) is 5.92 Å². The van der Waals surface area contributed by atoms with Gasteiger partial charge >= 0.3 is 0 Å². The standard InChI is InChI=1S/C26H24N6O3/c1-17-3-7-21(8-4-17)32-15-19(13-25(32)33)26(34)30-20-5-9-22(10-6-20)35-24-14-23(28-16-29-24)31-12-11-27-18(31)2/h3-12,14,16,19H,13,15H2,1-2H3,(H,30,34). The smallest absolute Gasteiger partial charge is 0.229 e. The normalized spacial score (nSPS) is 15.3. The second kappa shape index (κ2) is 9.38. The number of carbonyl (C=O) groups excluding carboxylic acids is 2. The van der Waals surface area contributed by atoms with Crippen LogP contribution in [0.15, 0.2) is 73.3 Å². The minimum Gasteiger partial charge on any atom is -0.439 e. The first kappa shape index (κ1) is 22.3. The first-order valence-electron chi connectivity index (χ1n) is 11.2. The van der Waals surface area contributed by atoms with Crippen molar-refractivity contribution in [3.8, 4) is 17.4 Å². The summed E-state index contributed by atoms with van der Waals surface area (Å²) in [5, 5.41) is 2.90. The number of nitrogens with one attached hydrogen (secondary N) is 1. The number of rotatable bonds is 6. The highest BCUT2D eigenvalue weighted by Gasteiger charge is 2.35. The van der Waals surface area contributed by atoms with E-state index in [4.69, 9.17) is 4.74 Å². The number of ether oxygens (including phenoxy) is 1. The molecule has 2 aromatic carbocycles. The number of benzene rings is 2. The first-order chi connectivity index (χ1) is 17.0. The van der Waals surface area contributed by atoms with Gasteiger partial charge in [-0.15, -0.1) is 0 Å². The summed E-state index contributed by atoms with van der Waals surface area (Å²) >= 11 is 0. The molecule has 4 aromatic rings. The van der Waals surface area contributed by atoms with Crippen LogP contribution >= 0.6 is 0 Å². The number of aromatic nitrogens is 4. The van der Waals surface area contributed by atoms with E-state index in [-0.39, 0.29) is 18.2 Å². The van der Waals surface area contributed by atoms with Crippen molar-refractivity contribution in [1.82, 2.24) is 19.5 Å². The van der Waals surface area contributed by atoms with Crippen molar-refractivity contribution in [2.75, 3.05) is 16.8 Å². The molecule has 0 bridgehead atoms. The van der Waals surface area contributed by atoms with Crippen molar-refractivity contribution in [2.24, 2.45) is 5.92 Å². The van der Waals surface area contributed by atoms with Gasteiger partial charge in [-0.25, -0.2) is 15.0 Å². The van der Waals surface area contributed by atoms with Crippen LogP contribution in [-0.2, 0) is 9.59 Å². The predicted molar refractivity (Wildman–Crippen MR) is 131 cm³/mol. The molecule has 1 unspecified atom stereocenters. The van der Waals surface area contributed by atoms with Gasteiger partial charge in [0.25, 0.3) is 0 Å². The lowest BCUT2D eigenvalue weighted by molar-refractivity contribution is -0.122. The molecule has 0 saturated carbocycles. The first-order valence-corrected chi connectivity index (χ1v) is 11.2. The van der Waals surface area contributed by atoms with E-state index < -0.39 is 5.92 Å². The lowest BCUT2D eigenvalue weighted by Gasteiger charge is -2.17. The summed E-state index contributed by atoms with van der Waals surface area (Å²) < 4.78 is 7.69. The average Bonchev–Trinajstić information content (AvgIpc) is 3.46. The van der Waals surface area contributed by atoms with Gasteiger partial charge in [0.1, 0.15) is 23.7 Å². The van der Waals surface area contributed by atoms with Crippen LogP contribution in [0.4, 0.5) is 11.4 Å². The second-order valence-electron chi connectivity index (χ2n) is 8.42. The quantitative estimate of drug-likeness (QED) is 0.458. The fourth-order valence-electron chi connectivity index (χ4n) is 3.97. The Labute approximate surface area is 202 Å². The van der Waals surface area contributed by atoms with E-state index in [2.05, 4.69) is 20.3 Å². The summed E-state index contributed by atoms with van der Waals surface area (Å²) in [7, 11) is 0. The molecule has 1 N–H and O–H groups in total. The third-order valence-corrected chi connectivity index (χ3v) is 5.89. The Kier molecular flexibility index (Phi) is 5.97. The molecular formula is C26H24N6O3. The molecule has 1 saturated heterocycles. The van der Waals surface area contributed by atoms with Crippen molar-refractivity contribution < 1.29 is 14.3 Å². The molecule has 0 radical (unpaired) electrons. The maximum Gasteiger partial charge on any atom is 0.229 e. The van der Waals surface area contributed by atoms with Crippen LogP contribution in [0, 0.1) is 19.8 Å². The van der Waals surface area contributed by atoms with Crippen LogP contribution in [0.25, 0.3) is 5.82 Å². The van der Waals surface area contributed by atoms with Crippen molar-refractivity contribution in [3.63, 3.8) is 0 Å². The molecule has 3 heterocycles. The highest BCUT2D eigenvalue weighted by atomic mass is 16.5. The second-order valence-corrected chi connectivity index (χ2v) is 8.42. The highest BCUT2D eigenvalue weighted by Crippen LogP contribution is 2.27. The molecule has 176 valence electrons. The van der Waals surface area contributed by atoms with Gasteiger partial charge in [0.2, 0.25) is 17.7 Å². The topological polar surface area (TPSA) is 102 Å². The Morgan fingerprint density at radius 3 is 2.51 bits per heavy atom. The van der Waals surface area contributed by atoms with Crippen LogP contribution in [0.3, 0.4) is 0 Å². The summed E-state index contributed by atoms with van der Waals surface area (Å²) in [6, 6.07) is 16.5. The van der Waals surface area contributed by atoms with Crippen LogP contribution in [0.1, 0.15) is 17.8 Å². The molecular weight excluding hydrogens is 444 g/mol. The Morgan fingerprint density at radius 1 is 1.03 bits per heavy atom. The largest absolute Gasteiger partial charge is 0.439 e. The zero-order valence-electron chi connectivity index (χ0n) is 19.4. The molecule has 0 aliphatic carbocycles. The Hall–Kier alpha value is -4.53. The van der Waals surface area contributed by atoms with E-state index in [1.165, 1.54) is 6.33 Å². The average molecular weight is 469 g/mol. The molecule has 9 heteroatoms. The zero-order chi connectivity index (χ0) is 24.4. The summed E-state index contributed by atoms with van der Waals surface area (Å²) in [5.41, 5.74) is 2.56. The molecule has 35 heavy (non-hydrogen) atoms. The third-order valence-electron chi connectivity index (χ3n) is 5.89.